The Bertz CT molecular complexity index is 794. The van der Waals surface area contributed by atoms with Crippen LogP contribution in [0.1, 0.15) is 22.2 Å². The largest absolute Gasteiger partial charge is 0.383 e. The highest BCUT2D eigenvalue weighted by molar-refractivity contribution is 7.10. The summed E-state index contributed by atoms with van der Waals surface area (Å²) in [5.41, 5.74) is -0.457. The summed E-state index contributed by atoms with van der Waals surface area (Å²) < 4.78 is 0. The van der Waals surface area contributed by atoms with Crippen LogP contribution in [0.15, 0.2) is 60.0 Å². The monoisotopic (exact) mass is 311 g/mol. The van der Waals surface area contributed by atoms with Crippen LogP contribution in [0.4, 0.5) is 0 Å². The molecule has 1 unspecified atom stereocenters. The van der Waals surface area contributed by atoms with E-state index in [2.05, 4.69) is 5.32 Å². The lowest BCUT2D eigenvalue weighted by atomic mass is 10.0. The van der Waals surface area contributed by atoms with Gasteiger partial charge in [-0.1, -0.05) is 36.4 Å². The van der Waals surface area contributed by atoms with Crippen molar-refractivity contribution in [3.8, 4) is 0 Å². The molecule has 4 heteroatoms. The van der Waals surface area contributed by atoms with Crippen molar-refractivity contribution >= 4 is 28.0 Å². The maximum absolute atomic E-state index is 12.3. The molecule has 0 aliphatic rings. The van der Waals surface area contributed by atoms with Crippen LogP contribution in [0.3, 0.4) is 0 Å². The van der Waals surface area contributed by atoms with Gasteiger partial charge in [0, 0.05) is 10.4 Å². The first kappa shape index (κ1) is 14.8. The van der Waals surface area contributed by atoms with Crippen LogP contribution in [0.5, 0.6) is 0 Å². The number of nitrogens with one attached hydrogen (secondary N) is 1. The molecule has 1 heterocycles. The number of fused-ring (bicyclic) bond motifs is 1. The van der Waals surface area contributed by atoms with E-state index in [1.165, 1.54) is 11.3 Å². The molecule has 0 fully saturated rings. The lowest BCUT2D eigenvalue weighted by Gasteiger charge is -2.22. The van der Waals surface area contributed by atoms with Gasteiger partial charge in [-0.25, -0.2) is 0 Å². The molecule has 1 aromatic heterocycles. The Hall–Kier alpha value is -2.17. The zero-order chi connectivity index (χ0) is 15.6. The van der Waals surface area contributed by atoms with Gasteiger partial charge in [0.25, 0.3) is 5.91 Å². The molecule has 2 N–H and O–H groups in total. The highest BCUT2D eigenvalue weighted by Crippen LogP contribution is 2.24. The summed E-state index contributed by atoms with van der Waals surface area (Å²) in [5.74, 6) is -0.178. The lowest BCUT2D eigenvalue weighted by molar-refractivity contribution is 0.0557. The van der Waals surface area contributed by atoms with Gasteiger partial charge in [-0.15, -0.1) is 11.3 Å². The second kappa shape index (κ2) is 5.91. The molecule has 0 saturated carbocycles. The van der Waals surface area contributed by atoms with Crippen molar-refractivity contribution in [3.63, 3.8) is 0 Å². The van der Waals surface area contributed by atoms with Gasteiger partial charge in [0.15, 0.2) is 0 Å². The number of rotatable bonds is 4. The summed E-state index contributed by atoms with van der Waals surface area (Å²) in [6, 6.07) is 17.3. The standard InChI is InChI=1S/C18H17NO2S/c1-18(21,16-7-4-10-22-16)12-19-17(20)15-9-8-13-5-2-3-6-14(13)11-15/h2-11,21H,12H2,1H3,(H,19,20). The SMILES string of the molecule is CC(O)(CNC(=O)c1ccc2ccccc2c1)c1cccs1. The third-order valence-corrected chi connectivity index (χ3v) is 4.78. The van der Waals surface area contributed by atoms with Crippen molar-refractivity contribution in [1.82, 2.24) is 5.32 Å². The lowest BCUT2D eigenvalue weighted by Crippen LogP contribution is -2.38. The number of aliphatic hydroxyl groups is 1. The first-order valence-corrected chi connectivity index (χ1v) is 7.98. The van der Waals surface area contributed by atoms with Crippen LogP contribution in [-0.4, -0.2) is 17.6 Å². The van der Waals surface area contributed by atoms with Crippen LogP contribution in [0.2, 0.25) is 0 Å². The van der Waals surface area contributed by atoms with E-state index >= 15 is 0 Å². The number of benzene rings is 2. The minimum absolute atomic E-state index is 0.178. The van der Waals surface area contributed by atoms with Gasteiger partial charge in [0.2, 0.25) is 0 Å². The summed E-state index contributed by atoms with van der Waals surface area (Å²) in [7, 11) is 0. The maximum atomic E-state index is 12.3. The van der Waals surface area contributed by atoms with E-state index in [-0.39, 0.29) is 12.5 Å². The molecule has 0 aliphatic heterocycles. The third-order valence-electron chi connectivity index (χ3n) is 3.66. The maximum Gasteiger partial charge on any atom is 0.251 e. The van der Waals surface area contributed by atoms with Gasteiger partial charge in [0.1, 0.15) is 5.60 Å². The van der Waals surface area contributed by atoms with Crippen molar-refractivity contribution in [2.45, 2.75) is 12.5 Å². The summed E-state index contributed by atoms with van der Waals surface area (Å²) in [6.07, 6.45) is 0. The fourth-order valence-electron chi connectivity index (χ4n) is 2.36. The number of hydrogen-bond donors (Lipinski definition) is 2. The molecule has 3 aromatic rings. The first-order chi connectivity index (χ1) is 10.6. The van der Waals surface area contributed by atoms with E-state index in [9.17, 15) is 9.90 Å². The fourth-order valence-corrected chi connectivity index (χ4v) is 3.14. The molecule has 0 bridgehead atoms. The second-order valence-corrected chi connectivity index (χ2v) is 6.44. The molecule has 0 radical (unpaired) electrons. The number of carbonyl (C=O) groups excluding carboxylic acids is 1. The molecule has 3 rings (SSSR count). The molecule has 0 spiro atoms. The van der Waals surface area contributed by atoms with E-state index in [1.807, 2.05) is 53.9 Å². The zero-order valence-corrected chi connectivity index (χ0v) is 13.1. The Morgan fingerprint density at radius 3 is 2.64 bits per heavy atom. The molecule has 22 heavy (non-hydrogen) atoms. The third kappa shape index (κ3) is 3.03. The number of amides is 1. The fraction of sp³-hybridized carbons (Fsp3) is 0.167. The average Bonchev–Trinajstić information content (AvgIpc) is 3.07. The topological polar surface area (TPSA) is 49.3 Å². The van der Waals surface area contributed by atoms with E-state index in [1.54, 1.807) is 13.0 Å². The van der Waals surface area contributed by atoms with Gasteiger partial charge in [-0.3, -0.25) is 4.79 Å². The van der Waals surface area contributed by atoms with Crippen LogP contribution >= 0.6 is 11.3 Å². The second-order valence-electron chi connectivity index (χ2n) is 5.50. The molecule has 1 atom stereocenters. The number of carbonyl (C=O) groups is 1. The van der Waals surface area contributed by atoms with Gasteiger partial charge >= 0.3 is 0 Å². The van der Waals surface area contributed by atoms with Crippen LogP contribution in [0, 0.1) is 0 Å². The van der Waals surface area contributed by atoms with E-state index in [0.29, 0.717) is 5.56 Å². The van der Waals surface area contributed by atoms with Crippen LogP contribution < -0.4 is 5.32 Å². The first-order valence-electron chi connectivity index (χ1n) is 7.10. The molecule has 2 aromatic carbocycles. The Morgan fingerprint density at radius 2 is 1.91 bits per heavy atom. The van der Waals surface area contributed by atoms with Crippen molar-refractivity contribution in [3.05, 3.63) is 70.4 Å². The Kier molecular flexibility index (Phi) is 3.96. The predicted molar refractivity (Wildman–Crippen MR) is 90.2 cm³/mol. The predicted octanol–water partition coefficient (Wildman–Crippen LogP) is 3.54. The molecular formula is C18H17NO2S. The smallest absolute Gasteiger partial charge is 0.251 e. The van der Waals surface area contributed by atoms with Gasteiger partial charge in [-0.05, 0) is 41.3 Å². The van der Waals surface area contributed by atoms with Crippen molar-refractivity contribution in [2.24, 2.45) is 0 Å². The van der Waals surface area contributed by atoms with Gasteiger partial charge < -0.3 is 10.4 Å². The molecular weight excluding hydrogens is 294 g/mol. The van der Waals surface area contributed by atoms with Crippen molar-refractivity contribution in [2.75, 3.05) is 6.54 Å². The normalized spacial score (nSPS) is 13.7. The highest BCUT2D eigenvalue weighted by Gasteiger charge is 2.25. The van der Waals surface area contributed by atoms with Gasteiger partial charge in [0.05, 0.1) is 6.54 Å². The summed E-state index contributed by atoms with van der Waals surface area (Å²) in [4.78, 5) is 13.1. The minimum Gasteiger partial charge on any atom is -0.383 e. The molecule has 0 aliphatic carbocycles. The molecule has 3 nitrogen and oxygen atoms in total. The van der Waals surface area contributed by atoms with Crippen LogP contribution in [-0.2, 0) is 5.60 Å². The Balaban J connectivity index is 1.73. The Labute approximate surface area is 133 Å². The van der Waals surface area contributed by atoms with E-state index in [0.717, 1.165) is 15.6 Å². The van der Waals surface area contributed by atoms with Gasteiger partial charge in [-0.2, -0.15) is 0 Å². The average molecular weight is 311 g/mol. The zero-order valence-electron chi connectivity index (χ0n) is 12.2. The summed E-state index contributed by atoms with van der Waals surface area (Å²) >= 11 is 1.48. The minimum atomic E-state index is -1.05. The Morgan fingerprint density at radius 1 is 1.14 bits per heavy atom. The van der Waals surface area contributed by atoms with Crippen molar-refractivity contribution < 1.29 is 9.90 Å². The molecule has 0 saturated heterocycles. The number of thiophene rings is 1. The summed E-state index contributed by atoms with van der Waals surface area (Å²) in [5, 5.41) is 17.3. The highest BCUT2D eigenvalue weighted by atomic mass is 32.1. The van der Waals surface area contributed by atoms with Crippen LogP contribution in [0.25, 0.3) is 10.8 Å². The molecule has 112 valence electrons. The molecule has 1 amide bonds. The van der Waals surface area contributed by atoms with E-state index in [4.69, 9.17) is 0 Å². The quantitative estimate of drug-likeness (QED) is 0.774. The van der Waals surface area contributed by atoms with E-state index < -0.39 is 5.60 Å². The summed E-state index contributed by atoms with van der Waals surface area (Å²) in [6.45, 7) is 1.89. The number of hydrogen-bond acceptors (Lipinski definition) is 3. The van der Waals surface area contributed by atoms with Crippen molar-refractivity contribution in [1.29, 1.82) is 0 Å².